The van der Waals surface area contributed by atoms with Crippen molar-refractivity contribution >= 4 is 6.03 Å². The first kappa shape index (κ1) is 21.2. The Labute approximate surface area is 160 Å². The Bertz CT molecular complexity index is 783. The topological polar surface area (TPSA) is 68.8 Å². The van der Waals surface area contributed by atoms with Crippen molar-refractivity contribution in [2.45, 2.75) is 19.3 Å². The molecular weight excluding hydrogens is 377 g/mol. The summed E-state index contributed by atoms with van der Waals surface area (Å²) >= 11 is 0. The first-order chi connectivity index (χ1) is 13.3. The molecule has 0 aliphatic carbocycles. The molecule has 0 radical (unpaired) electrons. The van der Waals surface area contributed by atoms with E-state index >= 15 is 0 Å². The van der Waals surface area contributed by atoms with Gasteiger partial charge in [-0.3, -0.25) is 0 Å². The van der Waals surface area contributed by atoms with Gasteiger partial charge in [-0.05, 0) is 35.4 Å². The molecule has 0 aliphatic heterocycles. The minimum absolute atomic E-state index is 0.0965. The molecule has 0 heterocycles. The van der Waals surface area contributed by atoms with Crippen molar-refractivity contribution in [1.82, 2.24) is 10.6 Å². The Morgan fingerprint density at radius 2 is 1.36 bits per heavy atom. The minimum atomic E-state index is -4.39. The van der Waals surface area contributed by atoms with Crippen molar-refractivity contribution in [3.63, 3.8) is 0 Å². The number of ether oxygens (including phenoxy) is 3. The molecule has 2 amide bonds. The SMILES string of the molecule is COc1cc(CNC(=O)NCc2ccc(C(F)(F)F)cc2)cc(OC)c1OC. The molecule has 2 aromatic carbocycles. The van der Waals surface area contributed by atoms with Gasteiger partial charge < -0.3 is 24.8 Å². The first-order valence-electron chi connectivity index (χ1n) is 8.25. The maximum atomic E-state index is 12.5. The van der Waals surface area contributed by atoms with Crippen LogP contribution in [0.3, 0.4) is 0 Å². The van der Waals surface area contributed by atoms with Crippen molar-refractivity contribution in [3.05, 3.63) is 53.1 Å². The van der Waals surface area contributed by atoms with Gasteiger partial charge in [0.25, 0.3) is 0 Å². The second-order valence-electron chi connectivity index (χ2n) is 5.76. The van der Waals surface area contributed by atoms with Gasteiger partial charge in [0.1, 0.15) is 0 Å². The largest absolute Gasteiger partial charge is 0.493 e. The van der Waals surface area contributed by atoms with Crippen molar-refractivity contribution in [1.29, 1.82) is 0 Å². The molecule has 6 nitrogen and oxygen atoms in total. The Kier molecular flexibility index (Phi) is 6.97. The fourth-order valence-corrected chi connectivity index (χ4v) is 2.48. The third-order valence-corrected chi connectivity index (χ3v) is 3.91. The number of halogens is 3. The Balaban J connectivity index is 1.92. The van der Waals surface area contributed by atoms with E-state index in [9.17, 15) is 18.0 Å². The first-order valence-corrected chi connectivity index (χ1v) is 8.25. The summed E-state index contributed by atoms with van der Waals surface area (Å²) in [5.41, 5.74) is 0.540. The third-order valence-electron chi connectivity index (χ3n) is 3.91. The summed E-state index contributed by atoms with van der Waals surface area (Å²) in [6.45, 7) is 0.286. The number of carbonyl (C=O) groups excluding carboxylic acids is 1. The lowest BCUT2D eigenvalue weighted by Gasteiger charge is -2.14. The number of benzene rings is 2. The predicted molar refractivity (Wildman–Crippen MR) is 96.6 cm³/mol. The lowest BCUT2D eigenvalue weighted by Crippen LogP contribution is -2.34. The van der Waals surface area contributed by atoms with E-state index in [-0.39, 0.29) is 13.1 Å². The van der Waals surface area contributed by atoms with Gasteiger partial charge in [0.05, 0.1) is 26.9 Å². The fourth-order valence-electron chi connectivity index (χ4n) is 2.48. The second kappa shape index (κ2) is 9.20. The van der Waals surface area contributed by atoms with E-state index in [4.69, 9.17) is 14.2 Å². The van der Waals surface area contributed by atoms with E-state index < -0.39 is 17.8 Å². The number of alkyl halides is 3. The lowest BCUT2D eigenvalue weighted by molar-refractivity contribution is -0.137. The Hall–Kier alpha value is -3.10. The average molecular weight is 398 g/mol. The summed E-state index contributed by atoms with van der Waals surface area (Å²) in [6.07, 6.45) is -4.39. The van der Waals surface area contributed by atoms with Crippen LogP contribution in [-0.2, 0) is 19.3 Å². The highest BCUT2D eigenvalue weighted by Gasteiger charge is 2.29. The average Bonchev–Trinajstić information content (AvgIpc) is 2.69. The molecule has 152 valence electrons. The molecule has 0 fully saturated rings. The lowest BCUT2D eigenvalue weighted by atomic mass is 10.1. The van der Waals surface area contributed by atoms with Crippen molar-refractivity contribution in [2.24, 2.45) is 0 Å². The van der Waals surface area contributed by atoms with Crippen LogP contribution in [0.2, 0.25) is 0 Å². The molecule has 0 unspecified atom stereocenters. The van der Waals surface area contributed by atoms with Gasteiger partial charge in [0.15, 0.2) is 11.5 Å². The molecule has 28 heavy (non-hydrogen) atoms. The fraction of sp³-hybridized carbons (Fsp3) is 0.316. The van der Waals surface area contributed by atoms with Crippen molar-refractivity contribution < 1.29 is 32.2 Å². The van der Waals surface area contributed by atoms with Gasteiger partial charge in [0.2, 0.25) is 5.75 Å². The maximum absolute atomic E-state index is 12.5. The second-order valence-corrected chi connectivity index (χ2v) is 5.76. The predicted octanol–water partition coefficient (Wildman–Crippen LogP) is 3.73. The standard InChI is InChI=1S/C19H21F3N2O4/c1-26-15-8-13(9-16(27-2)17(15)28-3)11-24-18(25)23-10-12-4-6-14(7-5-12)19(20,21)22/h4-9H,10-11H2,1-3H3,(H2,23,24,25). The summed E-state index contributed by atoms with van der Waals surface area (Å²) in [4.78, 5) is 12.0. The molecule has 0 atom stereocenters. The van der Waals surface area contributed by atoms with Gasteiger partial charge in [-0.25, -0.2) is 4.79 Å². The highest BCUT2D eigenvalue weighted by molar-refractivity contribution is 5.73. The highest BCUT2D eigenvalue weighted by Crippen LogP contribution is 2.38. The zero-order valence-electron chi connectivity index (χ0n) is 15.6. The van der Waals surface area contributed by atoms with Gasteiger partial charge in [-0.1, -0.05) is 12.1 Å². The molecule has 0 aromatic heterocycles. The monoisotopic (exact) mass is 398 g/mol. The van der Waals surface area contributed by atoms with Crippen molar-refractivity contribution in [3.8, 4) is 17.2 Å². The number of rotatable bonds is 7. The summed E-state index contributed by atoms with van der Waals surface area (Å²) < 4.78 is 53.4. The zero-order valence-corrected chi connectivity index (χ0v) is 15.6. The molecule has 2 N–H and O–H groups in total. The van der Waals surface area contributed by atoms with Crippen LogP contribution in [0.4, 0.5) is 18.0 Å². The quantitative estimate of drug-likeness (QED) is 0.746. The summed E-state index contributed by atoms with van der Waals surface area (Å²) in [7, 11) is 4.48. The summed E-state index contributed by atoms with van der Waals surface area (Å²) in [6, 6.07) is 7.54. The number of nitrogens with one attached hydrogen (secondary N) is 2. The van der Waals surface area contributed by atoms with Crippen LogP contribution in [-0.4, -0.2) is 27.4 Å². The van der Waals surface area contributed by atoms with E-state index in [0.717, 1.165) is 17.7 Å². The number of hydrogen-bond acceptors (Lipinski definition) is 4. The zero-order chi connectivity index (χ0) is 20.7. The molecule has 0 spiro atoms. The van der Waals surface area contributed by atoms with Crippen LogP contribution in [0.25, 0.3) is 0 Å². The summed E-state index contributed by atoms with van der Waals surface area (Å²) in [5, 5.41) is 5.25. The van der Waals surface area contributed by atoms with Gasteiger partial charge in [-0.15, -0.1) is 0 Å². The normalized spacial score (nSPS) is 10.9. The number of hydrogen-bond donors (Lipinski definition) is 2. The number of amides is 2. The Morgan fingerprint density at radius 1 is 0.857 bits per heavy atom. The van der Waals surface area contributed by atoms with E-state index in [0.29, 0.717) is 22.8 Å². The van der Waals surface area contributed by atoms with E-state index in [1.165, 1.54) is 33.5 Å². The Morgan fingerprint density at radius 3 is 1.79 bits per heavy atom. The molecule has 0 saturated carbocycles. The molecule has 0 saturated heterocycles. The van der Waals surface area contributed by atoms with Crippen LogP contribution in [0.5, 0.6) is 17.2 Å². The molecule has 2 rings (SSSR count). The third kappa shape index (κ3) is 5.45. The van der Waals surface area contributed by atoms with Gasteiger partial charge in [0, 0.05) is 13.1 Å². The van der Waals surface area contributed by atoms with Crippen LogP contribution >= 0.6 is 0 Å². The van der Waals surface area contributed by atoms with E-state index in [1.807, 2.05) is 0 Å². The highest BCUT2D eigenvalue weighted by atomic mass is 19.4. The molecule has 9 heteroatoms. The smallest absolute Gasteiger partial charge is 0.416 e. The van der Waals surface area contributed by atoms with E-state index in [1.54, 1.807) is 12.1 Å². The van der Waals surface area contributed by atoms with Gasteiger partial charge in [-0.2, -0.15) is 13.2 Å². The van der Waals surface area contributed by atoms with E-state index in [2.05, 4.69) is 10.6 Å². The summed E-state index contributed by atoms with van der Waals surface area (Å²) in [5.74, 6) is 1.37. The van der Waals surface area contributed by atoms with Crippen LogP contribution < -0.4 is 24.8 Å². The minimum Gasteiger partial charge on any atom is -0.493 e. The van der Waals surface area contributed by atoms with Crippen LogP contribution in [0.1, 0.15) is 16.7 Å². The molecule has 0 bridgehead atoms. The van der Waals surface area contributed by atoms with Crippen LogP contribution in [0, 0.1) is 0 Å². The number of carbonyl (C=O) groups is 1. The van der Waals surface area contributed by atoms with Crippen molar-refractivity contribution in [2.75, 3.05) is 21.3 Å². The molecule has 2 aromatic rings. The number of methoxy groups -OCH3 is 3. The molecular formula is C19H21F3N2O4. The van der Waals surface area contributed by atoms with Gasteiger partial charge >= 0.3 is 12.2 Å². The van der Waals surface area contributed by atoms with Crippen LogP contribution in [0.15, 0.2) is 36.4 Å². The molecule has 0 aliphatic rings. The maximum Gasteiger partial charge on any atom is 0.416 e. The number of urea groups is 1.